The van der Waals surface area contributed by atoms with Crippen molar-refractivity contribution in [1.29, 1.82) is 0 Å². The van der Waals surface area contributed by atoms with Crippen molar-refractivity contribution in [2.75, 3.05) is 31.6 Å². The molecule has 0 aromatic heterocycles. The average Bonchev–Trinajstić information content (AvgIpc) is 2.88. The molecule has 1 N–H and O–H groups in total. The fourth-order valence-corrected chi connectivity index (χ4v) is 4.29. The summed E-state index contributed by atoms with van der Waals surface area (Å²) in [4.78, 5) is 2.53. The minimum absolute atomic E-state index is 0.474. The fourth-order valence-electron chi connectivity index (χ4n) is 2.99. The molecule has 104 valence electrons. The van der Waals surface area contributed by atoms with Gasteiger partial charge in [-0.2, -0.15) is 11.8 Å². The molecule has 2 aliphatic heterocycles. The predicted octanol–water partition coefficient (Wildman–Crippen LogP) is 1.72. The van der Waals surface area contributed by atoms with E-state index in [1.165, 1.54) is 43.6 Å². The van der Waals surface area contributed by atoms with Crippen LogP contribution in [0.25, 0.3) is 0 Å². The van der Waals surface area contributed by atoms with Gasteiger partial charge in [0.25, 0.3) is 0 Å². The van der Waals surface area contributed by atoms with Crippen LogP contribution in [-0.4, -0.2) is 60.8 Å². The first-order valence-electron chi connectivity index (χ1n) is 7.48. The molecule has 3 nitrogen and oxygen atoms in total. The minimum atomic E-state index is 0.474. The van der Waals surface area contributed by atoms with Gasteiger partial charge in [0.05, 0.1) is 12.2 Å². The van der Waals surface area contributed by atoms with Crippen LogP contribution in [0.3, 0.4) is 0 Å². The van der Waals surface area contributed by atoms with Crippen LogP contribution in [0.15, 0.2) is 0 Å². The standard InChI is InChI=1S/C14H26N2OS/c1-16(12-6-7-18-10-12)9-14-5-4-13(17-14)8-15-11-2-3-11/h11-15H,2-10H2,1H3. The van der Waals surface area contributed by atoms with Gasteiger partial charge in [0.1, 0.15) is 0 Å². The zero-order valence-corrected chi connectivity index (χ0v) is 12.3. The molecular formula is C14H26N2OS. The van der Waals surface area contributed by atoms with Crippen LogP contribution >= 0.6 is 11.8 Å². The van der Waals surface area contributed by atoms with E-state index in [2.05, 4.69) is 29.0 Å². The van der Waals surface area contributed by atoms with E-state index >= 15 is 0 Å². The average molecular weight is 270 g/mol. The largest absolute Gasteiger partial charge is 0.372 e. The Morgan fingerprint density at radius 1 is 1.17 bits per heavy atom. The Morgan fingerprint density at radius 2 is 2.00 bits per heavy atom. The number of nitrogens with one attached hydrogen (secondary N) is 1. The lowest BCUT2D eigenvalue weighted by Gasteiger charge is -2.26. The molecule has 0 amide bonds. The Labute approximate surface area is 115 Å². The van der Waals surface area contributed by atoms with Crippen molar-refractivity contribution in [2.24, 2.45) is 0 Å². The van der Waals surface area contributed by atoms with Crippen LogP contribution < -0.4 is 5.32 Å². The number of nitrogens with zero attached hydrogens (tertiary/aromatic N) is 1. The van der Waals surface area contributed by atoms with E-state index < -0.39 is 0 Å². The van der Waals surface area contributed by atoms with Crippen molar-refractivity contribution in [3.8, 4) is 0 Å². The van der Waals surface area contributed by atoms with Gasteiger partial charge >= 0.3 is 0 Å². The zero-order valence-electron chi connectivity index (χ0n) is 11.4. The third-order valence-electron chi connectivity index (χ3n) is 4.43. The van der Waals surface area contributed by atoms with Crippen LogP contribution in [0.4, 0.5) is 0 Å². The Hall–Kier alpha value is 0.230. The summed E-state index contributed by atoms with van der Waals surface area (Å²) in [6.45, 7) is 2.20. The second-order valence-electron chi connectivity index (χ2n) is 6.10. The summed E-state index contributed by atoms with van der Waals surface area (Å²) in [7, 11) is 2.27. The number of ether oxygens (including phenoxy) is 1. The molecule has 0 aromatic carbocycles. The molecule has 3 fully saturated rings. The molecule has 3 atom stereocenters. The fraction of sp³-hybridized carbons (Fsp3) is 1.00. The summed E-state index contributed by atoms with van der Waals surface area (Å²) in [5, 5.41) is 3.59. The molecule has 1 aliphatic carbocycles. The van der Waals surface area contributed by atoms with E-state index in [1.54, 1.807) is 0 Å². The van der Waals surface area contributed by atoms with Gasteiger partial charge in [-0.1, -0.05) is 0 Å². The van der Waals surface area contributed by atoms with Crippen LogP contribution in [0, 0.1) is 0 Å². The topological polar surface area (TPSA) is 24.5 Å². The van der Waals surface area contributed by atoms with Crippen LogP contribution in [0.2, 0.25) is 0 Å². The zero-order chi connectivity index (χ0) is 12.4. The van der Waals surface area contributed by atoms with E-state index in [-0.39, 0.29) is 0 Å². The summed E-state index contributed by atoms with van der Waals surface area (Å²) < 4.78 is 6.16. The summed E-state index contributed by atoms with van der Waals surface area (Å²) in [6.07, 6.45) is 7.56. The third kappa shape index (κ3) is 3.62. The summed E-state index contributed by atoms with van der Waals surface area (Å²) >= 11 is 2.09. The molecule has 3 rings (SSSR count). The van der Waals surface area contributed by atoms with Gasteiger partial charge in [0.2, 0.25) is 0 Å². The number of rotatable bonds is 6. The second kappa shape index (κ2) is 6.12. The van der Waals surface area contributed by atoms with Crippen molar-refractivity contribution in [2.45, 2.75) is 56.4 Å². The maximum absolute atomic E-state index is 6.16. The Kier molecular flexibility index (Phi) is 4.50. The lowest BCUT2D eigenvalue weighted by molar-refractivity contribution is 0.0223. The smallest absolute Gasteiger partial charge is 0.0707 e. The highest BCUT2D eigenvalue weighted by Crippen LogP contribution is 2.25. The summed E-state index contributed by atoms with van der Waals surface area (Å²) in [6, 6.07) is 1.60. The van der Waals surface area contributed by atoms with E-state index in [9.17, 15) is 0 Å². The highest BCUT2D eigenvalue weighted by Gasteiger charge is 2.30. The molecular weight excluding hydrogens is 244 g/mol. The highest BCUT2D eigenvalue weighted by atomic mass is 32.2. The molecule has 3 unspecified atom stereocenters. The van der Waals surface area contributed by atoms with E-state index in [1.807, 2.05) is 0 Å². The van der Waals surface area contributed by atoms with Gasteiger partial charge in [-0.15, -0.1) is 0 Å². The van der Waals surface area contributed by atoms with Crippen molar-refractivity contribution >= 4 is 11.8 Å². The maximum Gasteiger partial charge on any atom is 0.0707 e. The number of likely N-dealkylation sites (N-methyl/N-ethyl adjacent to an activating group) is 1. The van der Waals surface area contributed by atoms with E-state index in [0.717, 1.165) is 25.2 Å². The Balaban J connectivity index is 1.35. The molecule has 2 heterocycles. The predicted molar refractivity (Wildman–Crippen MR) is 77.3 cm³/mol. The lowest BCUT2D eigenvalue weighted by Crippen LogP contribution is -2.38. The van der Waals surface area contributed by atoms with Gasteiger partial charge in [0, 0.05) is 30.9 Å². The third-order valence-corrected chi connectivity index (χ3v) is 5.57. The lowest BCUT2D eigenvalue weighted by atomic mass is 10.1. The van der Waals surface area contributed by atoms with E-state index in [0.29, 0.717) is 12.2 Å². The molecule has 3 aliphatic rings. The van der Waals surface area contributed by atoms with Crippen molar-refractivity contribution < 1.29 is 4.74 Å². The van der Waals surface area contributed by atoms with Crippen molar-refractivity contribution in [3.05, 3.63) is 0 Å². The van der Waals surface area contributed by atoms with Gasteiger partial charge < -0.3 is 10.1 Å². The molecule has 1 saturated carbocycles. The SMILES string of the molecule is CN(CC1CCC(CNC2CC2)O1)C1CCSC1. The first kappa shape index (κ1) is 13.2. The quantitative estimate of drug-likeness (QED) is 0.794. The van der Waals surface area contributed by atoms with Gasteiger partial charge in [0.15, 0.2) is 0 Å². The van der Waals surface area contributed by atoms with Crippen molar-refractivity contribution in [3.63, 3.8) is 0 Å². The summed E-state index contributed by atoms with van der Waals surface area (Å²) in [5.74, 6) is 2.66. The van der Waals surface area contributed by atoms with Crippen LogP contribution in [0.5, 0.6) is 0 Å². The van der Waals surface area contributed by atoms with Crippen LogP contribution in [0.1, 0.15) is 32.1 Å². The number of hydrogen-bond donors (Lipinski definition) is 1. The number of hydrogen-bond acceptors (Lipinski definition) is 4. The van der Waals surface area contributed by atoms with Gasteiger partial charge in [-0.05, 0) is 44.9 Å². The molecule has 0 aromatic rings. The summed E-state index contributed by atoms with van der Waals surface area (Å²) in [5.41, 5.74) is 0. The highest BCUT2D eigenvalue weighted by molar-refractivity contribution is 7.99. The normalized spacial score (nSPS) is 36.7. The molecule has 18 heavy (non-hydrogen) atoms. The van der Waals surface area contributed by atoms with Crippen molar-refractivity contribution in [1.82, 2.24) is 10.2 Å². The number of thioether (sulfide) groups is 1. The minimum Gasteiger partial charge on any atom is -0.372 e. The maximum atomic E-state index is 6.16. The molecule has 0 bridgehead atoms. The van der Waals surface area contributed by atoms with Crippen LogP contribution in [-0.2, 0) is 4.74 Å². The molecule has 2 saturated heterocycles. The monoisotopic (exact) mass is 270 g/mol. The van der Waals surface area contributed by atoms with Gasteiger partial charge in [-0.3, -0.25) is 4.90 Å². The second-order valence-corrected chi connectivity index (χ2v) is 7.25. The Bertz CT molecular complexity index is 267. The van der Waals surface area contributed by atoms with E-state index in [4.69, 9.17) is 4.74 Å². The molecule has 0 radical (unpaired) electrons. The molecule has 0 spiro atoms. The molecule has 4 heteroatoms. The Morgan fingerprint density at radius 3 is 2.72 bits per heavy atom. The first-order chi connectivity index (χ1) is 8.81. The first-order valence-corrected chi connectivity index (χ1v) is 8.63. The van der Waals surface area contributed by atoms with Gasteiger partial charge in [-0.25, -0.2) is 0 Å².